The quantitative estimate of drug-likeness (QED) is 0.123. The molecule has 0 bridgehead atoms. The van der Waals surface area contributed by atoms with Crippen LogP contribution in [0.1, 0.15) is 31.9 Å². The second-order valence-corrected chi connectivity index (χ2v) is 16.9. The number of rotatable bonds is 6. The summed E-state index contributed by atoms with van der Waals surface area (Å²) in [7, 11) is 0. The van der Waals surface area contributed by atoms with Crippen LogP contribution in [0.4, 0.5) is 0 Å². The zero-order valence-electron chi connectivity index (χ0n) is 34.9. The molecule has 0 spiro atoms. The number of aryl methyl sites for hydroxylation is 1. The van der Waals surface area contributed by atoms with Gasteiger partial charge in [0.2, 0.25) is 5.78 Å². The summed E-state index contributed by atoms with van der Waals surface area (Å²) in [6.45, 7) is 8.74. The molecular formula is C54H39N7OPt-2. The van der Waals surface area contributed by atoms with Crippen LogP contribution in [0.5, 0.6) is 11.5 Å². The van der Waals surface area contributed by atoms with Crippen LogP contribution in [-0.4, -0.2) is 28.1 Å². The van der Waals surface area contributed by atoms with E-state index >= 15 is 0 Å². The number of para-hydroxylation sites is 7. The Labute approximate surface area is 378 Å². The van der Waals surface area contributed by atoms with Gasteiger partial charge in [0.25, 0.3) is 6.33 Å². The van der Waals surface area contributed by atoms with Crippen molar-refractivity contribution >= 4 is 60.7 Å². The molecule has 0 radical (unpaired) electrons. The number of ether oxygens (including phenoxy) is 1. The van der Waals surface area contributed by atoms with Crippen LogP contribution < -0.4 is 9.30 Å². The molecule has 63 heavy (non-hydrogen) atoms. The van der Waals surface area contributed by atoms with Crippen LogP contribution in [0.25, 0.3) is 83.6 Å². The molecule has 5 aromatic heterocycles. The molecule has 0 saturated heterocycles. The monoisotopic (exact) mass is 996 g/mol. The van der Waals surface area contributed by atoms with E-state index < -0.39 is 0 Å². The van der Waals surface area contributed by atoms with E-state index in [1.807, 2.05) is 30.5 Å². The summed E-state index contributed by atoms with van der Waals surface area (Å²) in [5.74, 6) is 2.65. The van der Waals surface area contributed by atoms with Gasteiger partial charge in [-0.05, 0) is 82.7 Å². The van der Waals surface area contributed by atoms with Crippen LogP contribution in [0.2, 0.25) is 0 Å². The van der Waals surface area contributed by atoms with Gasteiger partial charge in [0.1, 0.15) is 5.82 Å². The molecule has 0 atom stereocenters. The zero-order chi connectivity index (χ0) is 41.7. The van der Waals surface area contributed by atoms with E-state index in [1.165, 1.54) is 16.3 Å². The molecule has 9 heteroatoms. The van der Waals surface area contributed by atoms with Gasteiger partial charge in [-0.25, -0.2) is 9.97 Å². The number of pyridine rings is 1. The minimum Gasteiger partial charge on any atom is -0.510 e. The summed E-state index contributed by atoms with van der Waals surface area (Å²) in [5, 5.41) is 2.44. The van der Waals surface area contributed by atoms with Crippen LogP contribution >= 0.6 is 0 Å². The van der Waals surface area contributed by atoms with Gasteiger partial charge in [0, 0.05) is 49.5 Å². The molecule has 7 aromatic carbocycles. The summed E-state index contributed by atoms with van der Waals surface area (Å²) >= 11 is 0. The van der Waals surface area contributed by atoms with Gasteiger partial charge in [-0.3, -0.25) is 9.13 Å². The number of nitrogens with zero attached hydrogens (tertiary/aromatic N) is 7. The maximum atomic E-state index is 6.64. The van der Waals surface area contributed by atoms with Gasteiger partial charge in [-0.15, -0.1) is 30.3 Å². The standard InChI is InChI=1S/C54H39N7O.Pt/c1-35-15-13-26-49-52(35)56-53-60(49)48-28-27-39(33-50(48)61(53)51-31-36(29-30-55-51)54(2,3)4)62-38-17-14-16-37(32-38)57-34-58(45-23-10-9-22-44(45)57)46-24-11-12-25-47(46)59-42-20-7-5-18-40(42)41-19-6-8-21-43(41)59;/h5-31H,1-4H3;/q-2;. The second kappa shape index (κ2) is 14.7. The average molecular weight is 997 g/mol. The molecule has 0 fully saturated rings. The summed E-state index contributed by atoms with van der Waals surface area (Å²) in [4.78, 5) is 10.1. The van der Waals surface area contributed by atoms with Gasteiger partial charge >= 0.3 is 0 Å². The van der Waals surface area contributed by atoms with Gasteiger partial charge in [0.15, 0.2) is 0 Å². The third kappa shape index (κ3) is 6.11. The Morgan fingerprint density at radius 3 is 2.10 bits per heavy atom. The number of hydrogen-bond acceptors (Lipinski definition) is 3. The van der Waals surface area contributed by atoms with Crippen molar-refractivity contribution in [3.05, 3.63) is 194 Å². The number of fused-ring (bicyclic) bond motifs is 9. The molecule has 0 saturated carbocycles. The van der Waals surface area contributed by atoms with Crippen LogP contribution in [0.3, 0.4) is 0 Å². The van der Waals surface area contributed by atoms with Crippen molar-refractivity contribution in [2.75, 3.05) is 0 Å². The van der Waals surface area contributed by atoms with Crippen LogP contribution in [0, 0.1) is 25.4 Å². The molecule has 0 aliphatic rings. The Balaban J connectivity index is 0.00000444. The fourth-order valence-electron chi connectivity index (χ4n) is 8.99. The maximum absolute atomic E-state index is 6.64. The first-order valence-electron chi connectivity index (χ1n) is 20.8. The van der Waals surface area contributed by atoms with E-state index in [0.717, 1.165) is 78.4 Å². The molecule has 0 aliphatic carbocycles. The predicted octanol–water partition coefficient (Wildman–Crippen LogP) is 11.9. The number of benzene rings is 7. The Morgan fingerprint density at radius 1 is 0.619 bits per heavy atom. The molecule has 0 amide bonds. The number of aromatic nitrogens is 7. The fraction of sp³-hybridized carbons (Fsp3) is 0.0926. The summed E-state index contributed by atoms with van der Waals surface area (Å²) in [5.41, 5.74) is 13.1. The first-order valence-corrected chi connectivity index (χ1v) is 20.8. The van der Waals surface area contributed by atoms with E-state index in [9.17, 15) is 0 Å². The largest absolute Gasteiger partial charge is 0.510 e. The van der Waals surface area contributed by atoms with Crippen molar-refractivity contribution in [2.24, 2.45) is 0 Å². The Kier molecular flexibility index (Phi) is 9.00. The molecule has 308 valence electrons. The SMILES string of the molecule is Cc1cccc2c1nc1n(-c3cc(C(C)(C)C)ccn3)c3[c-]c(Oc4[c-]c(-n5[c-][n+](-c6ccccc6-n6c7ccccc7c7ccccc76)c6ccccc65)ccc4)ccc3n21.[Pt]. The number of hydrogen-bond donors (Lipinski definition) is 0. The Morgan fingerprint density at radius 2 is 1.30 bits per heavy atom. The molecule has 0 aliphatic heterocycles. The molecule has 0 N–H and O–H groups in total. The molecule has 5 heterocycles. The van der Waals surface area contributed by atoms with Crippen molar-refractivity contribution in [1.29, 1.82) is 0 Å². The van der Waals surface area contributed by atoms with E-state index in [4.69, 9.17) is 14.7 Å². The van der Waals surface area contributed by atoms with Crippen molar-refractivity contribution in [3.63, 3.8) is 0 Å². The van der Waals surface area contributed by atoms with Crippen molar-refractivity contribution < 1.29 is 30.4 Å². The van der Waals surface area contributed by atoms with E-state index in [0.29, 0.717) is 11.5 Å². The van der Waals surface area contributed by atoms with Crippen LogP contribution in [-0.2, 0) is 26.5 Å². The summed E-state index contributed by atoms with van der Waals surface area (Å²) in [6.07, 6.45) is 5.59. The van der Waals surface area contributed by atoms with Gasteiger partial charge in [-0.1, -0.05) is 106 Å². The molecule has 12 aromatic rings. The predicted molar refractivity (Wildman–Crippen MR) is 246 cm³/mol. The second-order valence-electron chi connectivity index (χ2n) is 16.9. The molecular weight excluding hydrogens is 958 g/mol. The van der Waals surface area contributed by atoms with Crippen LogP contribution in [0.15, 0.2) is 164 Å². The molecule has 12 rings (SSSR count). The zero-order valence-corrected chi connectivity index (χ0v) is 37.2. The normalized spacial score (nSPS) is 12.0. The van der Waals surface area contributed by atoms with E-state index in [-0.39, 0.29) is 26.5 Å². The van der Waals surface area contributed by atoms with E-state index in [2.05, 4.69) is 202 Å². The van der Waals surface area contributed by atoms with Gasteiger partial charge < -0.3 is 18.3 Å². The summed E-state index contributed by atoms with van der Waals surface area (Å²) < 4.78 is 17.5. The first-order chi connectivity index (χ1) is 30.3. The average Bonchev–Trinajstić information content (AvgIpc) is 4.04. The molecule has 0 unspecified atom stereocenters. The summed E-state index contributed by atoms with van der Waals surface area (Å²) in [6, 6.07) is 61.8. The molecule has 8 nitrogen and oxygen atoms in total. The smallest absolute Gasteiger partial charge is 0.268 e. The van der Waals surface area contributed by atoms with E-state index in [1.54, 1.807) is 0 Å². The maximum Gasteiger partial charge on any atom is 0.268 e. The fourth-order valence-corrected chi connectivity index (χ4v) is 8.99. The third-order valence-corrected chi connectivity index (χ3v) is 12.0. The minimum absolute atomic E-state index is 0. The Hall–Kier alpha value is -7.28. The van der Waals surface area contributed by atoms with Gasteiger partial charge in [0.05, 0.1) is 44.5 Å². The van der Waals surface area contributed by atoms with Crippen molar-refractivity contribution in [2.45, 2.75) is 33.1 Å². The van der Waals surface area contributed by atoms with Crippen molar-refractivity contribution in [3.8, 4) is 34.4 Å². The topological polar surface area (TPSA) is 58.1 Å². The third-order valence-electron chi connectivity index (χ3n) is 12.0. The number of imidazole rings is 3. The minimum atomic E-state index is -0.0655. The first kappa shape index (κ1) is 38.6. The van der Waals surface area contributed by atoms with Gasteiger partial charge in [-0.2, -0.15) is 12.1 Å². The van der Waals surface area contributed by atoms with Crippen molar-refractivity contribution in [1.82, 2.24) is 28.1 Å². The Bertz CT molecular complexity index is 3700.